The minimum absolute atomic E-state index is 1.35. The first kappa shape index (κ1) is 12.0. The van der Waals surface area contributed by atoms with Gasteiger partial charge in [-0.1, -0.05) is 43.1 Å². The minimum atomic E-state index is -1.63. The summed E-state index contributed by atoms with van der Waals surface area (Å²) in [7, 11) is -1.63. The molecule has 2 heterocycles. The Labute approximate surface area is 114 Å². The Hall–Kier alpha value is -1.06. The summed E-state index contributed by atoms with van der Waals surface area (Å²) in [5.41, 5.74) is 2.76. The van der Waals surface area contributed by atoms with Crippen LogP contribution in [-0.4, -0.2) is 13.1 Å². The Kier molecular flexibility index (Phi) is 2.64. The molecule has 3 rings (SSSR count). The SMILES string of the molecule is Cc1cccc2c1Sc1c(C)ccnc1[Si]2(C)C. The van der Waals surface area contributed by atoms with Gasteiger partial charge in [0.05, 0.1) is 0 Å². The Morgan fingerprint density at radius 2 is 1.72 bits per heavy atom. The molecule has 0 amide bonds. The van der Waals surface area contributed by atoms with E-state index < -0.39 is 8.07 Å². The zero-order valence-electron chi connectivity index (χ0n) is 11.2. The van der Waals surface area contributed by atoms with Gasteiger partial charge in [0.15, 0.2) is 0 Å². The largest absolute Gasteiger partial charge is 0.264 e. The van der Waals surface area contributed by atoms with Gasteiger partial charge >= 0.3 is 0 Å². The molecule has 0 aliphatic carbocycles. The van der Waals surface area contributed by atoms with E-state index in [0.29, 0.717) is 0 Å². The van der Waals surface area contributed by atoms with Crippen LogP contribution in [0, 0.1) is 13.8 Å². The molecule has 0 saturated heterocycles. The zero-order valence-corrected chi connectivity index (χ0v) is 13.1. The maximum absolute atomic E-state index is 4.70. The van der Waals surface area contributed by atoms with E-state index in [1.54, 1.807) is 0 Å². The lowest BCUT2D eigenvalue weighted by Crippen LogP contribution is -2.58. The molecule has 0 bridgehead atoms. The Balaban J connectivity index is 2.33. The van der Waals surface area contributed by atoms with Crippen LogP contribution in [0.2, 0.25) is 13.1 Å². The molecule has 2 aromatic rings. The van der Waals surface area contributed by atoms with E-state index in [1.807, 2.05) is 18.0 Å². The Morgan fingerprint density at radius 3 is 2.50 bits per heavy atom. The molecule has 1 aromatic carbocycles. The normalized spacial score (nSPS) is 16.0. The number of aryl methyl sites for hydroxylation is 2. The molecule has 0 spiro atoms. The maximum atomic E-state index is 4.70. The molecule has 0 fully saturated rings. The van der Waals surface area contributed by atoms with Crippen molar-refractivity contribution in [3.63, 3.8) is 0 Å². The lowest BCUT2D eigenvalue weighted by atomic mass is 10.2. The third-order valence-electron chi connectivity index (χ3n) is 3.78. The molecule has 92 valence electrons. The fraction of sp³-hybridized carbons (Fsp3) is 0.267. The summed E-state index contributed by atoms with van der Waals surface area (Å²) in [5, 5.41) is 2.89. The number of benzene rings is 1. The van der Waals surface area contributed by atoms with Crippen molar-refractivity contribution in [1.29, 1.82) is 0 Å². The van der Waals surface area contributed by atoms with Crippen LogP contribution in [0.25, 0.3) is 0 Å². The predicted molar refractivity (Wildman–Crippen MR) is 81.0 cm³/mol. The summed E-state index contributed by atoms with van der Waals surface area (Å²) in [6.45, 7) is 9.24. The highest BCUT2D eigenvalue weighted by Crippen LogP contribution is 2.35. The first-order valence-corrected chi connectivity index (χ1v) is 10.1. The van der Waals surface area contributed by atoms with Crippen LogP contribution in [0.1, 0.15) is 11.1 Å². The number of aromatic nitrogens is 1. The third-order valence-corrected chi connectivity index (χ3v) is 8.94. The van der Waals surface area contributed by atoms with Gasteiger partial charge in [0.1, 0.15) is 8.07 Å². The lowest BCUT2D eigenvalue weighted by molar-refractivity contribution is 1.19. The summed E-state index contributed by atoms with van der Waals surface area (Å²) in [5.74, 6) is 0. The van der Waals surface area contributed by atoms with Crippen LogP contribution in [0.5, 0.6) is 0 Å². The van der Waals surface area contributed by atoms with Gasteiger partial charge in [0, 0.05) is 21.3 Å². The van der Waals surface area contributed by atoms with Gasteiger partial charge in [0.25, 0.3) is 0 Å². The molecule has 0 N–H and O–H groups in total. The van der Waals surface area contributed by atoms with Gasteiger partial charge in [-0.05, 0) is 36.2 Å². The minimum Gasteiger partial charge on any atom is -0.264 e. The van der Waals surface area contributed by atoms with E-state index in [2.05, 4.69) is 51.2 Å². The van der Waals surface area contributed by atoms with Crippen LogP contribution in [-0.2, 0) is 0 Å². The average molecular weight is 271 g/mol. The van der Waals surface area contributed by atoms with Gasteiger partial charge in [0.2, 0.25) is 0 Å². The van der Waals surface area contributed by atoms with Crippen molar-refractivity contribution in [2.45, 2.75) is 36.7 Å². The summed E-state index contributed by atoms with van der Waals surface area (Å²) in [6, 6.07) is 8.82. The van der Waals surface area contributed by atoms with Crippen LogP contribution in [0.15, 0.2) is 40.3 Å². The topological polar surface area (TPSA) is 12.9 Å². The molecular weight excluding hydrogens is 254 g/mol. The van der Waals surface area contributed by atoms with Crippen LogP contribution in [0.4, 0.5) is 0 Å². The molecule has 3 heteroatoms. The van der Waals surface area contributed by atoms with E-state index in [0.717, 1.165) is 0 Å². The molecule has 0 atom stereocenters. The lowest BCUT2D eigenvalue weighted by Gasteiger charge is -2.33. The van der Waals surface area contributed by atoms with Crippen LogP contribution < -0.4 is 10.5 Å². The third kappa shape index (κ3) is 1.57. The fourth-order valence-corrected chi connectivity index (χ4v) is 8.15. The smallest absolute Gasteiger partial charge is 0.138 e. The van der Waals surface area contributed by atoms with E-state index in [1.165, 1.54) is 31.4 Å². The Bertz CT molecular complexity index is 581. The van der Waals surface area contributed by atoms with Gasteiger partial charge in [-0.2, -0.15) is 0 Å². The molecule has 0 unspecified atom stereocenters. The second-order valence-corrected chi connectivity index (χ2v) is 10.8. The highest BCUT2D eigenvalue weighted by molar-refractivity contribution is 8.00. The summed E-state index contributed by atoms with van der Waals surface area (Å²) in [4.78, 5) is 7.57. The number of hydrogen-bond donors (Lipinski definition) is 0. The van der Waals surface area contributed by atoms with Crippen molar-refractivity contribution in [3.05, 3.63) is 41.6 Å². The average Bonchev–Trinajstić information content (AvgIpc) is 2.32. The summed E-state index contributed by atoms with van der Waals surface area (Å²) < 4.78 is 0. The van der Waals surface area contributed by atoms with Gasteiger partial charge < -0.3 is 0 Å². The van der Waals surface area contributed by atoms with E-state index >= 15 is 0 Å². The van der Waals surface area contributed by atoms with Crippen LogP contribution >= 0.6 is 11.8 Å². The number of nitrogens with zero attached hydrogens (tertiary/aromatic N) is 1. The first-order chi connectivity index (χ1) is 8.51. The second kappa shape index (κ2) is 3.97. The first-order valence-electron chi connectivity index (χ1n) is 6.26. The van der Waals surface area contributed by atoms with Gasteiger partial charge in [-0.15, -0.1) is 0 Å². The molecule has 0 saturated carbocycles. The van der Waals surface area contributed by atoms with Gasteiger partial charge in [-0.25, -0.2) is 0 Å². The van der Waals surface area contributed by atoms with E-state index in [9.17, 15) is 0 Å². The second-order valence-electron chi connectivity index (χ2n) is 5.48. The molecule has 1 nitrogen and oxygen atoms in total. The summed E-state index contributed by atoms with van der Waals surface area (Å²) in [6.07, 6.45) is 1.96. The standard InChI is InChI=1S/C15H17NSSi/c1-10-6-5-7-12-13(10)17-14-11(2)8-9-16-15(14)18(12,3)4/h5-9H,1-4H3. The van der Waals surface area contributed by atoms with Crippen molar-refractivity contribution in [2.75, 3.05) is 0 Å². The zero-order chi connectivity index (χ0) is 12.9. The number of rotatable bonds is 0. The highest BCUT2D eigenvalue weighted by atomic mass is 32.2. The van der Waals surface area contributed by atoms with Crippen LogP contribution in [0.3, 0.4) is 0 Å². The molecule has 1 aliphatic heterocycles. The van der Waals surface area contributed by atoms with Gasteiger partial charge in [-0.3, -0.25) is 4.98 Å². The number of hydrogen-bond acceptors (Lipinski definition) is 2. The van der Waals surface area contributed by atoms with E-state index in [4.69, 9.17) is 4.98 Å². The van der Waals surface area contributed by atoms with Crippen molar-refractivity contribution < 1.29 is 0 Å². The molecular formula is C15H17NSSi. The summed E-state index contributed by atoms with van der Waals surface area (Å²) >= 11 is 1.91. The van der Waals surface area contributed by atoms with Crippen molar-refractivity contribution in [2.24, 2.45) is 0 Å². The fourth-order valence-electron chi connectivity index (χ4n) is 2.63. The van der Waals surface area contributed by atoms with Crippen molar-refractivity contribution in [3.8, 4) is 0 Å². The molecule has 1 aromatic heterocycles. The Morgan fingerprint density at radius 1 is 1.00 bits per heavy atom. The van der Waals surface area contributed by atoms with E-state index in [-0.39, 0.29) is 0 Å². The predicted octanol–water partition coefficient (Wildman–Crippen LogP) is 2.99. The number of pyridine rings is 1. The molecule has 1 aliphatic rings. The van der Waals surface area contributed by atoms with Crippen molar-refractivity contribution in [1.82, 2.24) is 4.98 Å². The van der Waals surface area contributed by atoms with Crippen molar-refractivity contribution >= 4 is 30.3 Å². The number of fused-ring (bicyclic) bond motifs is 2. The molecule has 0 radical (unpaired) electrons. The highest BCUT2D eigenvalue weighted by Gasteiger charge is 2.37. The quantitative estimate of drug-likeness (QED) is 0.683. The maximum Gasteiger partial charge on any atom is 0.138 e. The monoisotopic (exact) mass is 271 g/mol. The molecule has 18 heavy (non-hydrogen) atoms.